The van der Waals surface area contributed by atoms with Crippen molar-refractivity contribution in [2.75, 3.05) is 13.7 Å². The number of carbonyl (C=O) groups excluding carboxylic acids is 1. The van der Waals surface area contributed by atoms with E-state index in [1.54, 1.807) is 6.07 Å². The first-order chi connectivity index (χ1) is 24.4. The summed E-state index contributed by atoms with van der Waals surface area (Å²) in [4.78, 5) is 11.7. The molecular weight excluding hydrogens is 742 g/mol. The number of esters is 1. The molecule has 1 aromatic rings. The van der Waals surface area contributed by atoms with Crippen LogP contribution in [0, 0.1) is 11.8 Å². The molecule has 6 nitrogen and oxygen atoms in total. The summed E-state index contributed by atoms with van der Waals surface area (Å²) in [6.07, 6.45) is 7.01. The lowest BCUT2D eigenvalue weighted by atomic mass is 9.89. The van der Waals surface area contributed by atoms with Gasteiger partial charge in [0.05, 0.1) is 31.0 Å². The molecule has 1 saturated carbocycles. The van der Waals surface area contributed by atoms with Crippen LogP contribution in [0.5, 0.6) is 5.75 Å². The maximum atomic E-state index is 13.5. The summed E-state index contributed by atoms with van der Waals surface area (Å²) in [7, 11) is -5.30. The molecule has 0 N–H and O–H groups in total. The van der Waals surface area contributed by atoms with E-state index in [0.717, 1.165) is 37.8 Å². The second kappa shape index (κ2) is 18.7. The molecule has 0 saturated heterocycles. The SMILES string of the molecule is COC(=O)CCC/C=C\C[C@@H]1[C@@H](/C=C/[C@H](COc2cccc(C(F)(F)F)c2)O[Si](C)(C)C(C)(C)C)[C@H](O[Si](C)(C)C(C)(C)C)C[C@@H]1O[Si](C)(C)C(C)(C)C. The van der Waals surface area contributed by atoms with Gasteiger partial charge >= 0.3 is 12.1 Å². The second-order valence-corrected chi connectivity index (χ2v) is 33.9. The molecule has 0 aromatic heterocycles. The molecule has 54 heavy (non-hydrogen) atoms. The molecule has 310 valence electrons. The Kier molecular flexibility index (Phi) is 16.8. The molecule has 1 fully saturated rings. The molecule has 5 atom stereocenters. The van der Waals surface area contributed by atoms with Crippen LogP contribution in [0.25, 0.3) is 0 Å². The minimum absolute atomic E-state index is 0.00144. The van der Waals surface area contributed by atoms with Gasteiger partial charge in [-0.2, -0.15) is 13.2 Å². The lowest BCUT2D eigenvalue weighted by Crippen LogP contribution is -2.45. The highest BCUT2D eigenvalue weighted by molar-refractivity contribution is 6.75. The number of allylic oxidation sites excluding steroid dienone is 2. The van der Waals surface area contributed by atoms with Gasteiger partial charge < -0.3 is 22.8 Å². The van der Waals surface area contributed by atoms with Gasteiger partial charge in [0, 0.05) is 12.3 Å². The number of halogens is 3. The van der Waals surface area contributed by atoms with Crippen molar-refractivity contribution < 1.29 is 40.7 Å². The summed E-state index contributed by atoms with van der Waals surface area (Å²) in [5.74, 6) is 0.0528. The number of hydrogen-bond acceptors (Lipinski definition) is 6. The summed E-state index contributed by atoms with van der Waals surface area (Å²) in [6, 6.07) is 5.02. The number of unbranched alkanes of at least 4 members (excludes halogenated alkanes) is 1. The van der Waals surface area contributed by atoms with Crippen LogP contribution in [-0.2, 0) is 29.0 Å². The van der Waals surface area contributed by atoms with E-state index in [-0.39, 0.29) is 57.5 Å². The van der Waals surface area contributed by atoms with Crippen molar-refractivity contribution in [3.8, 4) is 5.75 Å². The van der Waals surface area contributed by atoms with E-state index in [4.69, 9.17) is 22.8 Å². The van der Waals surface area contributed by atoms with Crippen molar-refractivity contribution in [1.29, 1.82) is 0 Å². The lowest BCUT2D eigenvalue weighted by Gasteiger charge is -2.40. The molecule has 1 aromatic carbocycles. The maximum absolute atomic E-state index is 13.5. The number of ether oxygens (including phenoxy) is 2. The Morgan fingerprint density at radius 1 is 0.833 bits per heavy atom. The molecule has 1 aliphatic rings. The first kappa shape index (κ1) is 48.4. The minimum Gasteiger partial charge on any atom is -0.491 e. The van der Waals surface area contributed by atoms with E-state index in [2.05, 4.69) is 126 Å². The number of benzene rings is 1. The van der Waals surface area contributed by atoms with E-state index in [1.165, 1.54) is 13.2 Å². The van der Waals surface area contributed by atoms with E-state index in [9.17, 15) is 18.0 Å². The molecule has 0 bridgehead atoms. The van der Waals surface area contributed by atoms with Crippen LogP contribution in [0.1, 0.15) is 100.0 Å². The van der Waals surface area contributed by atoms with Gasteiger partial charge in [-0.05, 0) is 104 Å². The standard InChI is InChI=1S/C42H73F3O6Si3/c1-39(2,3)52(11,12)49-33(30-48-32-23-21-22-31(28-32)42(43,44)45)26-27-35-34(24-19-17-18-20-25-38(46)47-10)36(50-53(13,14)40(4,5)6)29-37(35)51-54(15,16)41(7,8)9/h17,19,21-23,26-28,33-37H,18,20,24-25,29-30H2,1-16H3/b19-17-,27-26+/t33-,34-,35-,36+,37-/m1/s1. The largest absolute Gasteiger partial charge is 0.491 e. The van der Waals surface area contributed by atoms with Crippen LogP contribution in [0.3, 0.4) is 0 Å². The smallest absolute Gasteiger partial charge is 0.416 e. The fraction of sp³-hybridized carbons (Fsp3) is 0.738. The highest BCUT2D eigenvalue weighted by atomic mass is 28.4. The molecule has 2 rings (SSSR count). The van der Waals surface area contributed by atoms with Crippen LogP contribution < -0.4 is 4.74 Å². The van der Waals surface area contributed by atoms with Crippen molar-refractivity contribution >= 4 is 30.9 Å². The number of alkyl halides is 3. The molecule has 0 spiro atoms. The molecule has 0 radical (unpaired) electrons. The van der Waals surface area contributed by atoms with Crippen LogP contribution in [0.2, 0.25) is 54.4 Å². The predicted octanol–water partition coefficient (Wildman–Crippen LogP) is 12.7. The van der Waals surface area contributed by atoms with E-state index >= 15 is 0 Å². The highest BCUT2D eigenvalue weighted by Crippen LogP contribution is 2.48. The van der Waals surface area contributed by atoms with Crippen molar-refractivity contribution in [2.24, 2.45) is 11.8 Å². The molecule has 0 heterocycles. The molecule has 0 amide bonds. The van der Waals surface area contributed by atoms with Gasteiger partial charge in [-0.1, -0.05) is 92.7 Å². The summed E-state index contributed by atoms with van der Waals surface area (Å²) in [5.41, 5.74) is -0.747. The van der Waals surface area contributed by atoms with Crippen molar-refractivity contribution in [3.63, 3.8) is 0 Å². The van der Waals surface area contributed by atoms with Gasteiger partial charge in [-0.3, -0.25) is 4.79 Å². The van der Waals surface area contributed by atoms with E-state index < -0.39 is 42.8 Å². The van der Waals surface area contributed by atoms with Crippen molar-refractivity contribution in [3.05, 3.63) is 54.1 Å². The number of carbonyl (C=O) groups is 1. The first-order valence-corrected chi connectivity index (χ1v) is 28.4. The van der Waals surface area contributed by atoms with Crippen LogP contribution >= 0.6 is 0 Å². The van der Waals surface area contributed by atoms with E-state index in [1.807, 2.05) is 0 Å². The van der Waals surface area contributed by atoms with Crippen molar-refractivity contribution in [2.45, 2.75) is 173 Å². The van der Waals surface area contributed by atoms with Gasteiger partial charge in [0.15, 0.2) is 25.0 Å². The zero-order valence-corrected chi connectivity index (χ0v) is 39.3. The Balaban J connectivity index is 2.62. The van der Waals surface area contributed by atoms with E-state index in [0.29, 0.717) is 6.42 Å². The van der Waals surface area contributed by atoms with Gasteiger partial charge in [0.2, 0.25) is 0 Å². The number of methoxy groups -OCH3 is 1. The Bertz CT molecular complexity index is 1400. The highest BCUT2D eigenvalue weighted by Gasteiger charge is 2.50. The Morgan fingerprint density at radius 2 is 1.39 bits per heavy atom. The van der Waals surface area contributed by atoms with Crippen LogP contribution in [0.15, 0.2) is 48.6 Å². The van der Waals surface area contributed by atoms with Gasteiger partial charge in [-0.25, -0.2) is 0 Å². The average molecular weight is 815 g/mol. The minimum atomic E-state index is -4.47. The fourth-order valence-electron chi connectivity index (χ4n) is 5.75. The first-order valence-electron chi connectivity index (χ1n) is 19.7. The van der Waals surface area contributed by atoms with Gasteiger partial charge in [0.1, 0.15) is 12.4 Å². The zero-order chi connectivity index (χ0) is 41.6. The van der Waals surface area contributed by atoms with Crippen LogP contribution in [-0.4, -0.2) is 63.0 Å². The number of rotatable bonds is 17. The third-order valence-electron chi connectivity index (χ3n) is 12.3. The summed E-state index contributed by atoms with van der Waals surface area (Å²) in [6.45, 7) is 33.7. The Labute approximate surface area is 329 Å². The Morgan fingerprint density at radius 3 is 1.91 bits per heavy atom. The van der Waals surface area contributed by atoms with Gasteiger partial charge in [0.25, 0.3) is 0 Å². The molecule has 1 aliphatic carbocycles. The lowest BCUT2D eigenvalue weighted by molar-refractivity contribution is -0.140. The normalized spacial score (nSPS) is 21.6. The second-order valence-electron chi connectivity index (χ2n) is 19.6. The molecule has 0 unspecified atom stereocenters. The third kappa shape index (κ3) is 14.0. The molecule has 12 heteroatoms. The predicted molar refractivity (Wildman–Crippen MR) is 224 cm³/mol. The topological polar surface area (TPSA) is 63.2 Å². The fourth-order valence-corrected chi connectivity index (χ4v) is 9.75. The summed E-state index contributed by atoms with van der Waals surface area (Å²) in [5, 5.41) is -0.0742. The molecule has 0 aliphatic heterocycles. The summed E-state index contributed by atoms with van der Waals surface area (Å²) >= 11 is 0. The van der Waals surface area contributed by atoms with Crippen LogP contribution in [0.4, 0.5) is 13.2 Å². The molecular formula is C42H73F3O6Si3. The summed E-state index contributed by atoms with van der Waals surface area (Å²) < 4.78 is 72.9. The maximum Gasteiger partial charge on any atom is 0.416 e. The van der Waals surface area contributed by atoms with Gasteiger partial charge in [-0.15, -0.1) is 0 Å². The monoisotopic (exact) mass is 814 g/mol. The Hall–Kier alpha value is -1.71. The quantitative estimate of drug-likeness (QED) is 0.0675. The van der Waals surface area contributed by atoms with Crippen molar-refractivity contribution in [1.82, 2.24) is 0 Å². The average Bonchev–Trinajstić information content (AvgIpc) is 3.31. The zero-order valence-electron chi connectivity index (χ0n) is 36.3. The number of hydrogen-bond donors (Lipinski definition) is 0. The third-order valence-corrected chi connectivity index (χ3v) is 25.8.